The van der Waals surface area contributed by atoms with Gasteiger partial charge in [0.25, 0.3) is 11.7 Å². The largest absolute Gasteiger partial charge is 0.416 e. The Morgan fingerprint density at radius 2 is 1.74 bits per heavy atom. The van der Waals surface area contributed by atoms with E-state index in [-0.39, 0.29) is 35.4 Å². The monoisotopic (exact) mass is 479 g/mol. The number of hydrogen-bond acceptors (Lipinski definition) is 5. The molecule has 34 heavy (non-hydrogen) atoms. The first-order valence-corrected chi connectivity index (χ1v) is 11.0. The Morgan fingerprint density at radius 3 is 2.32 bits per heavy atom. The van der Waals surface area contributed by atoms with Crippen LogP contribution in [0.3, 0.4) is 0 Å². The van der Waals surface area contributed by atoms with Crippen molar-refractivity contribution in [2.45, 2.75) is 39.9 Å². The molecule has 0 saturated carbocycles. The van der Waals surface area contributed by atoms with Gasteiger partial charge in [0.05, 0.1) is 34.7 Å². The lowest BCUT2D eigenvalue weighted by molar-refractivity contribution is -0.137. The van der Waals surface area contributed by atoms with Gasteiger partial charge in [0.1, 0.15) is 0 Å². The van der Waals surface area contributed by atoms with Crippen LogP contribution in [0.25, 0.3) is 5.69 Å². The highest BCUT2D eigenvalue weighted by molar-refractivity contribution is 6.43. The van der Waals surface area contributed by atoms with Crippen molar-refractivity contribution in [1.82, 2.24) is 24.9 Å². The molecule has 1 aromatic carbocycles. The predicted octanol–water partition coefficient (Wildman–Crippen LogP) is 2.36. The van der Waals surface area contributed by atoms with Crippen molar-refractivity contribution >= 4 is 17.6 Å². The van der Waals surface area contributed by atoms with Gasteiger partial charge in [-0.1, -0.05) is 6.07 Å². The minimum Gasteiger partial charge on any atom is -0.353 e. The van der Waals surface area contributed by atoms with Crippen LogP contribution in [0.4, 0.5) is 13.2 Å². The number of alkyl halides is 3. The highest BCUT2D eigenvalue weighted by Crippen LogP contribution is 2.31. The van der Waals surface area contributed by atoms with E-state index in [0.29, 0.717) is 31.9 Å². The number of aryl methyl sites for hydroxylation is 1. The summed E-state index contributed by atoms with van der Waals surface area (Å²) in [6, 6.07) is 4.67. The third kappa shape index (κ3) is 5.64. The fourth-order valence-corrected chi connectivity index (χ4v) is 3.97. The number of carbonyl (C=O) groups is 3. The Balaban J connectivity index is 1.72. The number of amides is 2. The second-order valence-corrected chi connectivity index (χ2v) is 8.63. The van der Waals surface area contributed by atoms with Gasteiger partial charge < -0.3 is 10.2 Å². The Labute approximate surface area is 195 Å². The maximum absolute atomic E-state index is 13.1. The maximum atomic E-state index is 13.1. The van der Waals surface area contributed by atoms with Crippen LogP contribution in [0.15, 0.2) is 24.3 Å². The molecule has 2 amide bonds. The number of nitrogens with zero attached hydrogens (tertiary/aromatic N) is 4. The van der Waals surface area contributed by atoms with Gasteiger partial charge in [0.15, 0.2) is 0 Å². The number of halogens is 3. The zero-order valence-electron chi connectivity index (χ0n) is 19.6. The molecule has 184 valence electrons. The second kappa shape index (κ2) is 9.96. The van der Waals surface area contributed by atoms with Crippen LogP contribution >= 0.6 is 0 Å². The number of ketones is 1. The molecule has 3 rings (SSSR count). The highest BCUT2D eigenvalue weighted by atomic mass is 19.4. The molecular formula is C23H28F3N5O3. The maximum Gasteiger partial charge on any atom is 0.416 e. The normalized spacial score (nSPS) is 15.0. The van der Waals surface area contributed by atoms with Crippen molar-refractivity contribution in [1.29, 1.82) is 0 Å². The van der Waals surface area contributed by atoms with Gasteiger partial charge >= 0.3 is 6.18 Å². The molecule has 0 unspecified atom stereocenters. The third-order valence-corrected chi connectivity index (χ3v) is 5.61. The topological polar surface area (TPSA) is 87.5 Å². The summed E-state index contributed by atoms with van der Waals surface area (Å²) in [5.74, 6) is -1.54. The Kier molecular flexibility index (Phi) is 7.44. The Morgan fingerprint density at radius 1 is 1.09 bits per heavy atom. The summed E-state index contributed by atoms with van der Waals surface area (Å²) >= 11 is 0. The smallest absolute Gasteiger partial charge is 0.353 e. The molecule has 1 aliphatic rings. The fraction of sp³-hybridized carbons (Fsp3) is 0.478. The molecule has 0 aliphatic carbocycles. The summed E-state index contributed by atoms with van der Waals surface area (Å²) in [7, 11) is 0. The first kappa shape index (κ1) is 25.4. The predicted molar refractivity (Wildman–Crippen MR) is 119 cm³/mol. The quantitative estimate of drug-likeness (QED) is 0.508. The van der Waals surface area contributed by atoms with Crippen LogP contribution in [0.5, 0.6) is 0 Å². The molecule has 0 spiro atoms. The number of hydrogen-bond donors (Lipinski definition) is 1. The van der Waals surface area contributed by atoms with Gasteiger partial charge in [-0.3, -0.25) is 19.3 Å². The number of benzene rings is 1. The van der Waals surface area contributed by atoms with E-state index < -0.39 is 23.4 Å². The second-order valence-electron chi connectivity index (χ2n) is 8.63. The molecule has 11 heteroatoms. The molecule has 1 N–H and O–H groups in total. The summed E-state index contributed by atoms with van der Waals surface area (Å²) < 4.78 is 40.6. The van der Waals surface area contributed by atoms with Crippen LogP contribution in [0.1, 0.15) is 41.2 Å². The van der Waals surface area contributed by atoms with Crippen LogP contribution < -0.4 is 5.32 Å². The summed E-state index contributed by atoms with van der Waals surface area (Å²) in [5, 5.41) is 7.04. The minimum atomic E-state index is -4.52. The van der Waals surface area contributed by atoms with Crippen molar-refractivity contribution in [2.24, 2.45) is 0 Å². The van der Waals surface area contributed by atoms with Crippen molar-refractivity contribution in [3.05, 3.63) is 46.8 Å². The molecule has 1 aromatic heterocycles. The molecule has 0 radical (unpaired) electrons. The molecular weight excluding hydrogens is 451 g/mol. The van der Waals surface area contributed by atoms with Crippen LogP contribution in [-0.4, -0.2) is 75.9 Å². The molecule has 1 fully saturated rings. The zero-order chi connectivity index (χ0) is 25.2. The molecule has 0 atom stereocenters. The van der Waals surface area contributed by atoms with Gasteiger partial charge in [-0.2, -0.15) is 18.3 Å². The lowest BCUT2D eigenvalue weighted by atomic mass is 10.1. The molecule has 0 bridgehead atoms. The zero-order valence-corrected chi connectivity index (χ0v) is 19.6. The van der Waals surface area contributed by atoms with Crippen LogP contribution in [-0.2, 0) is 15.8 Å². The lowest BCUT2D eigenvalue weighted by Gasteiger charge is -2.34. The minimum absolute atomic E-state index is 0.0383. The van der Waals surface area contributed by atoms with Gasteiger partial charge in [0, 0.05) is 32.2 Å². The van der Waals surface area contributed by atoms with Gasteiger partial charge in [-0.25, -0.2) is 4.68 Å². The van der Waals surface area contributed by atoms with Crippen molar-refractivity contribution in [2.75, 3.05) is 32.7 Å². The van der Waals surface area contributed by atoms with Crippen molar-refractivity contribution in [3.8, 4) is 5.69 Å². The average Bonchev–Trinajstić information content (AvgIpc) is 3.06. The number of nitrogens with one attached hydrogen (secondary N) is 1. The summed E-state index contributed by atoms with van der Waals surface area (Å²) in [4.78, 5) is 41.2. The lowest BCUT2D eigenvalue weighted by Crippen LogP contribution is -2.53. The number of rotatable bonds is 6. The van der Waals surface area contributed by atoms with E-state index in [1.165, 1.54) is 21.7 Å². The van der Waals surface area contributed by atoms with Crippen LogP contribution in [0, 0.1) is 13.8 Å². The van der Waals surface area contributed by atoms with Crippen molar-refractivity contribution in [3.63, 3.8) is 0 Å². The molecule has 1 aliphatic heterocycles. The standard InChI is InChI=1S/C23H28F3N5O3/c1-14(2)27-19(32)13-29-8-10-30(11-9-29)22(34)21(33)20-15(3)28-31(16(20)4)18-7-5-6-17(12-18)23(24,25)26/h5-7,12,14H,8-11,13H2,1-4H3,(H,27,32). The molecule has 8 nitrogen and oxygen atoms in total. The highest BCUT2D eigenvalue weighted by Gasteiger charge is 2.33. The van der Waals surface area contributed by atoms with E-state index >= 15 is 0 Å². The number of carbonyl (C=O) groups excluding carboxylic acids is 3. The number of Topliss-reactive ketones (excluding diaryl/α,β-unsaturated/α-hetero) is 1. The molecule has 2 aromatic rings. The first-order chi connectivity index (χ1) is 15.9. The van der Waals surface area contributed by atoms with E-state index in [1.807, 2.05) is 18.7 Å². The Hall–Kier alpha value is -3.21. The van der Waals surface area contributed by atoms with Gasteiger partial charge in [-0.15, -0.1) is 0 Å². The molecule has 2 heterocycles. The van der Waals surface area contributed by atoms with E-state index in [0.717, 1.165) is 12.1 Å². The van der Waals surface area contributed by atoms with E-state index in [9.17, 15) is 27.6 Å². The Bertz CT molecular complexity index is 1090. The fourth-order valence-electron chi connectivity index (χ4n) is 3.97. The summed E-state index contributed by atoms with van der Waals surface area (Å²) in [5.41, 5.74) is -0.0470. The summed E-state index contributed by atoms with van der Waals surface area (Å²) in [6.07, 6.45) is -4.52. The average molecular weight is 480 g/mol. The molecule has 1 saturated heterocycles. The number of piperazine rings is 1. The number of aromatic nitrogens is 2. The van der Waals surface area contributed by atoms with E-state index in [1.54, 1.807) is 13.8 Å². The third-order valence-electron chi connectivity index (χ3n) is 5.61. The van der Waals surface area contributed by atoms with Crippen molar-refractivity contribution < 1.29 is 27.6 Å². The van der Waals surface area contributed by atoms with E-state index in [4.69, 9.17) is 0 Å². The van der Waals surface area contributed by atoms with Gasteiger partial charge in [-0.05, 0) is 45.9 Å². The first-order valence-electron chi connectivity index (χ1n) is 11.0. The van der Waals surface area contributed by atoms with Crippen LogP contribution in [0.2, 0.25) is 0 Å². The SMILES string of the molecule is Cc1nn(-c2cccc(C(F)(F)F)c2)c(C)c1C(=O)C(=O)N1CCN(CC(=O)NC(C)C)CC1. The van der Waals surface area contributed by atoms with E-state index in [2.05, 4.69) is 10.4 Å². The van der Waals surface area contributed by atoms with Gasteiger partial charge in [0.2, 0.25) is 5.91 Å². The summed E-state index contributed by atoms with van der Waals surface area (Å²) in [6.45, 7) is 8.54.